The van der Waals surface area contributed by atoms with Gasteiger partial charge in [0.1, 0.15) is 6.54 Å². The third-order valence-electron chi connectivity index (χ3n) is 7.42. The standard InChI is InChI=1S/C35H33N3O4/c39-33(40)24-38-22-19-28-29(17-10-18-32(28)38)35(42)37-21-20-36-31(34(41)27-15-8-3-9-16-27)23-30(25-11-4-1-5-12-25)26-13-6-2-7-14-26/h1-19,22,30-31,36H,20-21,23-24H2,(H,37,42)(H,39,40). The van der Waals surface area contributed by atoms with Gasteiger partial charge in [-0.2, -0.15) is 0 Å². The molecule has 0 fully saturated rings. The molecular formula is C35H33N3O4. The van der Waals surface area contributed by atoms with Crippen LogP contribution in [0.3, 0.4) is 0 Å². The molecule has 212 valence electrons. The molecule has 0 aliphatic rings. The molecular weight excluding hydrogens is 526 g/mol. The van der Waals surface area contributed by atoms with Gasteiger partial charge in [0.25, 0.3) is 5.91 Å². The van der Waals surface area contributed by atoms with E-state index in [2.05, 4.69) is 34.9 Å². The van der Waals surface area contributed by atoms with Crippen molar-refractivity contribution in [2.75, 3.05) is 13.1 Å². The molecule has 5 aromatic rings. The Bertz CT molecular complexity index is 1610. The summed E-state index contributed by atoms with van der Waals surface area (Å²) in [6.07, 6.45) is 2.22. The van der Waals surface area contributed by atoms with Crippen molar-refractivity contribution < 1.29 is 19.5 Å². The fourth-order valence-electron chi connectivity index (χ4n) is 5.38. The van der Waals surface area contributed by atoms with Crippen molar-refractivity contribution in [2.24, 2.45) is 0 Å². The minimum Gasteiger partial charge on any atom is -0.480 e. The number of carboxylic acid groups (broad SMARTS) is 1. The molecule has 7 nitrogen and oxygen atoms in total. The van der Waals surface area contributed by atoms with E-state index in [-0.39, 0.29) is 24.2 Å². The van der Waals surface area contributed by atoms with Gasteiger partial charge < -0.3 is 20.3 Å². The van der Waals surface area contributed by atoms with E-state index in [1.54, 1.807) is 35.0 Å². The molecule has 42 heavy (non-hydrogen) atoms. The van der Waals surface area contributed by atoms with Gasteiger partial charge in [-0.1, -0.05) is 97.1 Å². The molecule has 1 unspecified atom stereocenters. The van der Waals surface area contributed by atoms with Crippen LogP contribution in [-0.2, 0) is 11.3 Å². The number of hydrogen-bond donors (Lipinski definition) is 3. The van der Waals surface area contributed by atoms with Gasteiger partial charge in [-0.05, 0) is 35.7 Å². The molecule has 1 amide bonds. The zero-order chi connectivity index (χ0) is 29.3. The Balaban J connectivity index is 1.31. The van der Waals surface area contributed by atoms with Crippen LogP contribution in [0.4, 0.5) is 0 Å². The van der Waals surface area contributed by atoms with Crippen LogP contribution in [0.15, 0.2) is 121 Å². The maximum Gasteiger partial charge on any atom is 0.323 e. The minimum absolute atomic E-state index is 0.000375. The summed E-state index contributed by atoms with van der Waals surface area (Å²) in [6, 6.07) is 36.2. The highest BCUT2D eigenvalue weighted by molar-refractivity contribution is 6.06. The first-order valence-corrected chi connectivity index (χ1v) is 14.0. The van der Waals surface area contributed by atoms with Crippen molar-refractivity contribution in [1.82, 2.24) is 15.2 Å². The summed E-state index contributed by atoms with van der Waals surface area (Å²) in [5.74, 6) is -1.20. The molecule has 0 saturated heterocycles. The number of hydrogen-bond acceptors (Lipinski definition) is 4. The molecule has 1 aromatic heterocycles. The second kappa shape index (κ2) is 13.6. The molecule has 0 spiro atoms. The lowest BCUT2D eigenvalue weighted by Crippen LogP contribution is -2.42. The lowest BCUT2D eigenvalue weighted by Gasteiger charge is -2.25. The number of carbonyl (C=O) groups is 3. The maximum absolute atomic E-state index is 13.7. The average molecular weight is 560 g/mol. The van der Waals surface area contributed by atoms with Gasteiger partial charge in [0.15, 0.2) is 5.78 Å². The summed E-state index contributed by atoms with van der Waals surface area (Å²) in [5, 5.41) is 16.2. The predicted molar refractivity (Wildman–Crippen MR) is 164 cm³/mol. The highest BCUT2D eigenvalue weighted by Gasteiger charge is 2.26. The molecule has 0 saturated carbocycles. The number of Topliss-reactive ketones (excluding diaryl/α,β-unsaturated/α-hetero) is 1. The fraction of sp³-hybridized carbons (Fsp3) is 0.171. The van der Waals surface area contributed by atoms with Crippen LogP contribution in [0.5, 0.6) is 0 Å². The normalized spacial score (nSPS) is 11.8. The molecule has 7 heteroatoms. The number of aliphatic carboxylic acids is 1. The zero-order valence-corrected chi connectivity index (χ0v) is 23.1. The van der Waals surface area contributed by atoms with Crippen molar-refractivity contribution in [3.63, 3.8) is 0 Å². The van der Waals surface area contributed by atoms with E-state index in [1.165, 1.54) is 0 Å². The lowest BCUT2D eigenvalue weighted by molar-refractivity contribution is -0.137. The van der Waals surface area contributed by atoms with Crippen LogP contribution in [0, 0.1) is 0 Å². The van der Waals surface area contributed by atoms with Crippen LogP contribution in [0.2, 0.25) is 0 Å². The molecule has 4 aromatic carbocycles. The number of rotatable bonds is 13. The Morgan fingerprint density at radius 1 is 0.714 bits per heavy atom. The van der Waals surface area contributed by atoms with Crippen molar-refractivity contribution >= 4 is 28.6 Å². The van der Waals surface area contributed by atoms with Gasteiger partial charge in [0.05, 0.1) is 6.04 Å². The second-order valence-corrected chi connectivity index (χ2v) is 10.2. The Morgan fingerprint density at radius 3 is 1.95 bits per heavy atom. The van der Waals surface area contributed by atoms with E-state index in [0.717, 1.165) is 11.1 Å². The van der Waals surface area contributed by atoms with E-state index in [1.807, 2.05) is 66.7 Å². The number of aromatic nitrogens is 1. The minimum atomic E-state index is -0.949. The third-order valence-corrected chi connectivity index (χ3v) is 7.42. The number of nitrogens with zero attached hydrogens (tertiary/aromatic N) is 1. The number of carbonyl (C=O) groups excluding carboxylic acids is 2. The first-order valence-electron chi connectivity index (χ1n) is 14.0. The zero-order valence-electron chi connectivity index (χ0n) is 23.1. The van der Waals surface area contributed by atoms with Crippen LogP contribution in [0.1, 0.15) is 44.2 Å². The molecule has 5 rings (SSSR count). The Morgan fingerprint density at radius 2 is 1.33 bits per heavy atom. The van der Waals surface area contributed by atoms with Gasteiger partial charge in [-0.25, -0.2) is 0 Å². The van der Waals surface area contributed by atoms with Gasteiger partial charge in [-0.3, -0.25) is 14.4 Å². The Hall–Kier alpha value is -5.01. The SMILES string of the molecule is O=C(O)Cn1ccc2c(C(=O)NCCNC(CC(c3ccccc3)c3ccccc3)C(=O)c3ccccc3)cccc21. The average Bonchev–Trinajstić information content (AvgIpc) is 3.43. The summed E-state index contributed by atoms with van der Waals surface area (Å²) in [4.78, 5) is 38.0. The molecule has 0 aliphatic heterocycles. The molecule has 0 bridgehead atoms. The number of ketones is 1. The monoisotopic (exact) mass is 559 g/mol. The summed E-state index contributed by atoms with van der Waals surface area (Å²) in [6.45, 7) is 0.522. The van der Waals surface area contributed by atoms with Gasteiger partial charge in [-0.15, -0.1) is 0 Å². The van der Waals surface area contributed by atoms with E-state index in [9.17, 15) is 19.5 Å². The van der Waals surface area contributed by atoms with E-state index < -0.39 is 12.0 Å². The molecule has 0 aliphatic carbocycles. The molecule has 3 N–H and O–H groups in total. The van der Waals surface area contributed by atoms with Crippen molar-refractivity contribution in [3.05, 3.63) is 144 Å². The first kappa shape index (κ1) is 28.5. The summed E-state index contributed by atoms with van der Waals surface area (Å²) in [5.41, 5.74) is 4.06. The number of carboxylic acids is 1. The van der Waals surface area contributed by atoms with Crippen LogP contribution in [0.25, 0.3) is 10.9 Å². The van der Waals surface area contributed by atoms with Crippen molar-refractivity contribution in [3.8, 4) is 0 Å². The smallest absolute Gasteiger partial charge is 0.323 e. The van der Waals surface area contributed by atoms with Crippen LogP contribution >= 0.6 is 0 Å². The highest BCUT2D eigenvalue weighted by atomic mass is 16.4. The van der Waals surface area contributed by atoms with Gasteiger partial charge in [0.2, 0.25) is 0 Å². The fourth-order valence-corrected chi connectivity index (χ4v) is 5.38. The quantitative estimate of drug-likeness (QED) is 0.130. The first-order chi connectivity index (χ1) is 20.5. The number of fused-ring (bicyclic) bond motifs is 1. The third kappa shape index (κ3) is 6.82. The highest BCUT2D eigenvalue weighted by Crippen LogP contribution is 2.30. The van der Waals surface area contributed by atoms with Crippen LogP contribution in [-0.4, -0.2) is 46.5 Å². The largest absolute Gasteiger partial charge is 0.480 e. The second-order valence-electron chi connectivity index (χ2n) is 10.2. The summed E-state index contributed by atoms with van der Waals surface area (Å²) < 4.78 is 1.60. The number of nitrogens with one attached hydrogen (secondary N) is 2. The number of amides is 1. The topological polar surface area (TPSA) is 100 Å². The predicted octanol–water partition coefficient (Wildman–Crippen LogP) is 5.52. The summed E-state index contributed by atoms with van der Waals surface area (Å²) in [7, 11) is 0. The van der Waals surface area contributed by atoms with Crippen molar-refractivity contribution in [2.45, 2.75) is 24.9 Å². The summed E-state index contributed by atoms with van der Waals surface area (Å²) >= 11 is 0. The maximum atomic E-state index is 13.7. The van der Waals surface area contributed by atoms with Gasteiger partial charge >= 0.3 is 5.97 Å². The Kier molecular flexibility index (Phi) is 9.21. The van der Waals surface area contributed by atoms with Crippen LogP contribution < -0.4 is 10.6 Å². The van der Waals surface area contributed by atoms with Gasteiger partial charge in [0, 0.05) is 47.2 Å². The van der Waals surface area contributed by atoms with E-state index >= 15 is 0 Å². The number of benzene rings is 4. The van der Waals surface area contributed by atoms with Crippen molar-refractivity contribution in [1.29, 1.82) is 0 Å². The molecule has 1 heterocycles. The lowest BCUT2D eigenvalue weighted by atomic mass is 9.84. The molecule has 0 radical (unpaired) electrons. The molecule has 1 atom stereocenters. The Labute approximate surface area is 244 Å². The van der Waals surface area contributed by atoms with E-state index in [4.69, 9.17) is 0 Å². The van der Waals surface area contributed by atoms with E-state index in [0.29, 0.717) is 41.5 Å².